The van der Waals surface area contributed by atoms with Gasteiger partial charge in [0.25, 0.3) is 5.91 Å². The van der Waals surface area contributed by atoms with Crippen molar-refractivity contribution in [2.24, 2.45) is 10.6 Å². The van der Waals surface area contributed by atoms with E-state index in [9.17, 15) is 13.2 Å². The number of nitrogens with one attached hydrogen (secondary N) is 1. The Balaban J connectivity index is 2.23. The largest absolute Gasteiger partial charge is 0.383 e. The van der Waals surface area contributed by atoms with Gasteiger partial charge in [-0.15, -0.1) is 0 Å². The van der Waals surface area contributed by atoms with Crippen molar-refractivity contribution in [2.45, 2.75) is 37.8 Å². The predicted octanol–water partition coefficient (Wildman–Crippen LogP) is 0.310. The SMILES string of the molecule is COCCn1cc(S(N)(=O)=O)cc1C(=O)NC1CC1(C)C. The van der Waals surface area contributed by atoms with E-state index in [0.717, 1.165) is 6.42 Å². The van der Waals surface area contributed by atoms with E-state index in [0.29, 0.717) is 13.2 Å². The maximum Gasteiger partial charge on any atom is 0.268 e. The second-order valence-corrected chi connectivity index (χ2v) is 7.57. The molecule has 21 heavy (non-hydrogen) atoms. The lowest BCUT2D eigenvalue weighted by molar-refractivity contribution is 0.0934. The average molecular weight is 315 g/mol. The molecule has 118 valence electrons. The predicted molar refractivity (Wildman–Crippen MR) is 77.3 cm³/mol. The summed E-state index contributed by atoms with van der Waals surface area (Å²) in [6.45, 7) is 4.88. The molecule has 1 aromatic heterocycles. The lowest BCUT2D eigenvalue weighted by Crippen LogP contribution is -2.30. The van der Waals surface area contributed by atoms with E-state index in [1.807, 2.05) is 0 Å². The zero-order valence-electron chi connectivity index (χ0n) is 12.4. The summed E-state index contributed by atoms with van der Waals surface area (Å²) in [7, 11) is -2.30. The van der Waals surface area contributed by atoms with E-state index in [1.54, 1.807) is 4.57 Å². The summed E-state index contributed by atoms with van der Waals surface area (Å²) in [5, 5.41) is 8.03. The van der Waals surface area contributed by atoms with Crippen molar-refractivity contribution in [3.63, 3.8) is 0 Å². The highest BCUT2D eigenvalue weighted by molar-refractivity contribution is 7.89. The Morgan fingerprint density at radius 1 is 1.57 bits per heavy atom. The van der Waals surface area contributed by atoms with Gasteiger partial charge < -0.3 is 14.6 Å². The van der Waals surface area contributed by atoms with Gasteiger partial charge >= 0.3 is 0 Å². The number of methoxy groups -OCH3 is 1. The van der Waals surface area contributed by atoms with Crippen LogP contribution in [-0.2, 0) is 21.3 Å². The van der Waals surface area contributed by atoms with Gasteiger partial charge in [0.05, 0.1) is 6.61 Å². The van der Waals surface area contributed by atoms with Crippen LogP contribution >= 0.6 is 0 Å². The fourth-order valence-electron chi connectivity index (χ4n) is 2.15. The summed E-state index contributed by atoms with van der Waals surface area (Å²) >= 11 is 0. The fourth-order valence-corrected chi connectivity index (χ4v) is 2.70. The van der Waals surface area contributed by atoms with Crippen LogP contribution in [0.4, 0.5) is 0 Å². The second-order valence-electron chi connectivity index (χ2n) is 6.01. The summed E-state index contributed by atoms with van der Waals surface area (Å²) < 4.78 is 29.4. The maximum atomic E-state index is 12.3. The number of hydrogen-bond donors (Lipinski definition) is 2. The molecule has 0 spiro atoms. The highest BCUT2D eigenvalue weighted by atomic mass is 32.2. The molecule has 1 aliphatic rings. The molecule has 1 amide bonds. The molecule has 1 aromatic rings. The minimum atomic E-state index is -3.84. The summed E-state index contributed by atoms with van der Waals surface area (Å²) in [5.74, 6) is -0.295. The van der Waals surface area contributed by atoms with Crippen molar-refractivity contribution in [2.75, 3.05) is 13.7 Å². The van der Waals surface area contributed by atoms with Crippen molar-refractivity contribution in [3.8, 4) is 0 Å². The van der Waals surface area contributed by atoms with Gasteiger partial charge in [-0.1, -0.05) is 13.8 Å². The van der Waals surface area contributed by atoms with Gasteiger partial charge in [0.2, 0.25) is 10.0 Å². The average Bonchev–Trinajstić information content (AvgIpc) is 2.79. The van der Waals surface area contributed by atoms with Gasteiger partial charge in [0, 0.05) is 25.9 Å². The third-order valence-corrected chi connectivity index (χ3v) is 4.67. The topological polar surface area (TPSA) is 103 Å². The molecule has 0 aromatic carbocycles. The minimum absolute atomic E-state index is 0.0705. The highest BCUT2D eigenvalue weighted by Gasteiger charge is 2.46. The number of primary sulfonamides is 1. The van der Waals surface area contributed by atoms with Gasteiger partial charge in [0.15, 0.2) is 0 Å². The van der Waals surface area contributed by atoms with E-state index in [2.05, 4.69) is 19.2 Å². The Morgan fingerprint density at radius 2 is 2.19 bits per heavy atom. The van der Waals surface area contributed by atoms with Crippen LogP contribution in [0.15, 0.2) is 17.2 Å². The first-order valence-corrected chi connectivity index (χ1v) is 8.22. The Kier molecular flexibility index (Phi) is 4.14. The van der Waals surface area contributed by atoms with Crippen LogP contribution in [0.2, 0.25) is 0 Å². The molecule has 1 heterocycles. The van der Waals surface area contributed by atoms with E-state index < -0.39 is 10.0 Å². The van der Waals surface area contributed by atoms with Gasteiger partial charge in [-0.25, -0.2) is 13.6 Å². The Hall–Kier alpha value is -1.38. The van der Waals surface area contributed by atoms with Gasteiger partial charge in [-0.3, -0.25) is 4.79 Å². The standard InChI is InChI=1S/C13H21N3O4S/c1-13(2)7-11(13)15-12(17)10-6-9(21(14,18)19)8-16(10)4-5-20-3/h6,8,11H,4-5,7H2,1-3H3,(H,15,17)(H2,14,18,19). The highest BCUT2D eigenvalue weighted by Crippen LogP contribution is 2.44. The van der Waals surface area contributed by atoms with Crippen LogP contribution in [0, 0.1) is 5.41 Å². The molecule has 0 saturated heterocycles. The molecule has 1 unspecified atom stereocenters. The van der Waals surface area contributed by atoms with Crippen LogP contribution < -0.4 is 10.5 Å². The van der Waals surface area contributed by atoms with Crippen LogP contribution in [-0.4, -0.2) is 38.7 Å². The Morgan fingerprint density at radius 3 is 2.67 bits per heavy atom. The minimum Gasteiger partial charge on any atom is -0.383 e. The molecule has 1 atom stereocenters. The zero-order valence-corrected chi connectivity index (χ0v) is 13.2. The number of carbonyl (C=O) groups is 1. The molecule has 2 rings (SSSR count). The lowest BCUT2D eigenvalue weighted by atomic mass is 10.2. The number of carbonyl (C=O) groups excluding carboxylic acids is 1. The number of nitrogens with zero attached hydrogens (tertiary/aromatic N) is 1. The first kappa shape index (κ1) is 16.0. The normalized spacial score (nSPS) is 20.3. The van der Waals surface area contributed by atoms with Crippen molar-refractivity contribution in [1.29, 1.82) is 0 Å². The molecule has 0 aliphatic heterocycles. The summed E-state index contributed by atoms with van der Waals surface area (Å²) in [4.78, 5) is 12.2. The van der Waals surface area contributed by atoms with Crippen LogP contribution in [0.1, 0.15) is 30.8 Å². The van der Waals surface area contributed by atoms with E-state index in [1.165, 1.54) is 19.4 Å². The molecule has 3 N–H and O–H groups in total. The maximum absolute atomic E-state index is 12.3. The number of hydrogen-bond acceptors (Lipinski definition) is 4. The molecular weight excluding hydrogens is 294 g/mol. The number of aromatic nitrogens is 1. The Labute approximate surface area is 124 Å². The fraction of sp³-hybridized carbons (Fsp3) is 0.615. The Bertz CT molecular complexity index is 648. The van der Waals surface area contributed by atoms with Crippen molar-refractivity contribution in [3.05, 3.63) is 18.0 Å². The number of sulfonamides is 1. The molecule has 8 heteroatoms. The molecule has 1 saturated carbocycles. The molecule has 7 nitrogen and oxygen atoms in total. The van der Waals surface area contributed by atoms with Gasteiger partial charge in [-0.05, 0) is 17.9 Å². The summed E-state index contributed by atoms with van der Waals surface area (Å²) in [6, 6.07) is 1.42. The molecule has 0 radical (unpaired) electrons. The first-order valence-electron chi connectivity index (χ1n) is 6.68. The first-order chi connectivity index (χ1) is 9.65. The zero-order chi connectivity index (χ0) is 15.8. The van der Waals surface area contributed by atoms with E-state index in [-0.39, 0.29) is 28.0 Å². The number of ether oxygens (including phenoxy) is 1. The van der Waals surface area contributed by atoms with Crippen LogP contribution in [0.25, 0.3) is 0 Å². The van der Waals surface area contributed by atoms with Gasteiger partial charge in [0.1, 0.15) is 10.6 Å². The van der Waals surface area contributed by atoms with E-state index >= 15 is 0 Å². The number of nitrogens with two attached hydrogens (primary N) is 1. The van der Waals surface area contributed by atoms with E-state index in [4.69, 9.17) is 9.88 Å². The van der Waals surface area contributed by atoms with Crippen molar-refractivity contribution in [1.82, 2.24) is 9.88 Å². The monoisotopic (exact) mass is 315 g/mol. The smallest absolute Gasteiger partial charge is 0.268 e. The second kappa shape index (κ2) is 5.43. The van der Waals surface area contributed by atoms with Crippen LogP contribution in [0.3, 0.4) is 0 Å². The molecule has 0 bridgehead atoms. The summed E-state index contributed by atoms with van der Waals surface area (Å²) in [5.41, 5.74) is 0.376. The molecular formula is C13H21N3O4S. The number of rotatable bonds is 6. The van der Waals surface area contributed by atoms with Crippen molar-refractivity contribution >= 4 is 15.9 Å². The third-order valence-electron chi connectivity index (χ3n) is 3.79. The third kappa shape index (κ3) is 3.63. The van der Waals surface area contributed by atoms with Crippen molar-refractivity contribution < 1.29 is 17.9 Å². The van der Waals surface area contributed by atoms with Crippen LogP contribution in [0.5, 0.6) is 0 Å². The van der Waals surface area contributed by atoms with Gasteiger partial charge in [-0.2, -0.15) is 0 Å². The molecule has 1 fully saturated rings. The molecule has 1 aliphatic carbocycles. The number of amides is 1. The summed E-state index contributed by atoms with van der Waals surface area (Å²) in [6.07, 6.45) is 2.28. The lowest BCUT2D eigenvalue weighted by Gasteiger charge is -2.10. The quantitative estimate of drug-likeness (QED) is 0.788.